The molecule has 1 aliphatic heterocycles. The van der Waals surface area contributed by atoms with Gasteiger partial charge in [0.15, 0.2) is 0 Å². The van der Waals surface area contributed by atoms with Gasteiger partial charge in [0.1, 0.15) is 0 Å². The molecule has 2 atom stereocenters. The molecular formula is C17H26N2O. The minimum atomic E-state index is 0.163. The van der Waals surface area contributed by atoms with Crippen molar-refractivity contribution < 1.29 is 4.79 Å². The van der Waals surface area contributed by atoms with Gasteiger partial charge in [0.05, 0.1) is 0 Å². The molecule has 3 nitrogen and oxygen atoms in total. The lowest BCUT2D eigenvalue weighted by Crippen LogP contribution is -2.48. The van der Waals surface area contributed by atoms with E-state index >= 15 is 0 Å². The van der Waals surface area contributed by atoms with Crippen LogP contribution in [-0.4, -0.2) is 25.0 Å². The maximum Gasteiger partial charge on any atom is 0.220 e. The van der Waals surface area contributed by atoms with Crippen LogP contribution in [0.2, 0.25) is 0 Å². The van der Waals surface area contributed by atoms with Crippen molar-refractivity contribution in [2.75, 3.05) is 13.1 Å². The number of rotatable bonds is 6. The van der Waals surface area contributed by atoms with E-state index in [4.69, 9.17) is 0 Å². The van der Waals surface area contributed by atoms with Gasteiger partial charge in [-0.1, -0.05) is 43.7 Å². The quantitative estimate of drug-likeness (QED) is 0.837. The molecule has 1 amide bonds. The van der Waals surface area contributed by atoms with Crippen LogP contribution in [0, 0.1) is 5.92 Å². The van der Waals surface area contributed by atoms with Crippen molar-refractivity contribution in [2.45, 2.75) is 45.1 Å². The summed E-state index contributed by atoms with van der Waals surface area (Å²) in [5.74, 6) is 0.870. The Balaban J connectivity index is 1.69. The van der Waals surface area contributed by atoms with E-state index < -0.39 is 0 Å². The van der Waals surface area contributed by atoms with Gasteiger partial charge >= 0.3 is 0 Å². The van der Waals surface area contributed by atoms with Gasteiger partial charge in [-0.25, -0.2) is 0 Å². The number of benzene rings is 1. The number of nitrogens with one attached hydrogen (secondary N) is 2. The number of aryl methyl sites for hydroxylation is 1. The van der Waals surface area contributed by atoms with Crippen molar-refractivity contribution in [3.8, 4) is 0 Å². The third-order valence-electron chi connectivity index (χ3n) is 4.25. The van der Waals surface area contributed by atoms with Crippen LogP contribution in [0.15, 0.2) is 30.3 Å². The molecule has 0 saturated carbocycles. The molecule has 2 rings (SSSR count). The summed E-state index contributed by atoms with van der Waals surface area (Å²) >= 11 is 0. The second-order valence-electron chi connectivity index (χ2n) is 5.66. The number of carbonyl (C=O) groups excluding carboxylic acids is 1. The van der Waals surface area contributed by atoms with Crippen LogP contribution in [0.3, 0.4) is 0 Å². The smallest absolute Gasteiger partial charge is 0.220 e. The Morgan fingerprint density at radius 3 is 2.90 bits per heavy atom. The molecule has 0 spiro atoms. The van der Waals surface area contributed by atoms with Gasteiger partial charge < -0.3 is 10.6 Å². The Morgan fingerprint density at radius 1 is 1.35 bits per heavy atom. The second-order valence-corrected chi connectivity index (χ2v) is 5.66. The largest absolute Gasteiger partial charge is 0.355 e. The maximum atomic E-state index is 11.9. The number of piperidine rings is 1. The molecule has 20 heavy (non-hydrogen) atoms. The highest BCUT2D eigenvalue weighted by Gasteiger charge is 2.23. The van der Waals surface area contributed by atoms with Crippen molar-refractivity contribution in [1.29, 1.82) is 0 Å². The SMILES string of the molecule is CCC1CCCNC1CNC(=O)CCc1ccccc1. The molecule has 2 unspecified atom stereocenters. The van der Waals surface area contributed by atoms with Crippen molar-refractivity contribution in [3.05, 3.63) is 35.9 Å². The minimum absolute atomic E-state index is 0.163. The summed E-state index contributed by atoms with van der Waals surface area (Å²) in [4.78, 5) is 11.9. The van der Waals surface area contributed by atoms with Gasteiger partial charge in [-0.15, -0.1) is 0 Å². The lowest BCUT2D eigenvalue weighted by atomic mass is 9.88. The Morgan fingerprint density at radius 2 is 2.15 bits per heavy atom. The molecule has 0 aliphatic carbocycles. The lowest BCUT2D eigenvalue weighted by Gasteiger charge is -2.32. The van der Waals surface area contributed by atoms with Gasteiger partial charge in [0.2, 0.25) is 5.91 Å². The average Bonchev–Trinajstić information content (AvgIpc) is 2.52. The highest BCUT2D eigenvalue weighted by Crippen LogP contribution is 2.19. The zero-order valence-electron chi connectivity index (χ0n) is 12.4. The first kappa shape index (κ1) is 15.0. The van der Waals surface area contributed by atoms with Gasteiger partial charge in [0.25, 0.3) is 0 Å². The molecule has 1 fully saturated rings. The first-order valence-corrected chi connectivity index (χ1v) is 7.83. The highest BCUT2D eigenvalue weighted by molar-refractivity contribution is 5.76. The molecular weight excluding hydrogens is 248 g/mol. The Kier molecular flexibility index (Phi) is 6.06. The lowest BCUT2D eigenvalue weighted by molar-refractivity contribution is -0.121. The van der Waals surface area contributed by atoms with E-state index in [0.717, 1.165) is 19.5 Å². The Hall–Kier alpha value is -1.35. The van der Waals surface area contributed by atoms with Gasteiger partial charge in [-0.2, -0.15) is 0 Å². The maximum absolute atomic E-state index is 11.9. The molecule has 0 radical (unpaired) electrons. The number of hydrogen-bond acceptors (Lipinski definition) is 2. The van der Waals surface area contributed by atoms with Crippen molar-refractivity contribution in [1.82, 2.24) is 10.6 Å². The van der Waals surface area contributed by atoms with E-state index in [1.165, 1.54) is 24.8 Å². The zero-order valence-corrected chi connectivity index (χ0v) is 12.4. The monoisotopic (exact) mass is 274 g/mol. The summed E-state index contributed by atoms with van der Waals surface area (Å²) in [6.45, 7) is 4.09. The van der Waals surface area contributed by atoms with Gasteiger partial charge in [-0.05, 0) is 37.3 Å². The fraction of sp³-hybridized carbons (Fsp3) is 0.588. The number of hydrogen-bond donors (Lipinski definition) is 2. The van der Waals surface area contributed by atoms with Crippen LogP contribution in [0.25, 0.3) is 0 Å². The van der Waals surface area contributed by atoms with Crippen LogP contribution in [0.1, 0.15) is 38.2 Å². The molecule has 1 heterocycles. The van der Waals surface area contributed by atoms with E-state index in [-0.39, 0.29) is 5.91 Å². The Bertz CT molecular complexity index is 405. The normalized spacial score (nSPS) is 22.4. The number of carbonyl (C=O) groups is 1. The number of amides is 1. The molecule has 0 bridgehead atoms. The Labute approximate surface area is 122 Å². The predicted molar refractivity (Wildman–Crippen MR) is 82.6 cm³/mol. The van der Waals surface area contributed by atoms with E-state index in [1.807, 2.05) is 18.2 Å². The summed E-state index contributed by atoms with van der Waals surface area (Å²) in [7, 11) is 0. The third kappa shape index (κ3) is 4.64. The third-order valence-corrected chi connectivity index (χ3v) is 4.25. The van der Waals surface area contributed by atoms with E-state index in [1.54, 1.807) is 0 Å². The standard InChI is InChI=1S/C17H26N2O/c1-2-15-9-6-12-18-16(15)13-19-17(20)11-10-14-7-4-3-5-8-14/h3-5,7-8,15-16,18H,2,6,9-13H2,1H3,(H,19,20). The summed E-state index contributed by atoms with van der Waals surface area (Å²) in [5, 5.41) is 6.62. The first-order chi connectivity index (χ1) is 9.79. The summed E-state index contributed by atoms with van der Waals surface area (Å²) < 4.78 is 0. The predicted octanol–water partition coefficient (Wildman–Crippen LogP) is 2.51. The fourth-order valence-electron chi connectivity index (χ4n) is 2.96. The van der Waals surface area contributed by atoms with Crippen LogP contribution < -0.4 is 10.6 Å². The summed E-state index contributed by atoms with van der Waals surface area (Å²) in [6.07, 6.45) is 5.14. The van der Waals surface area contributed by atoms with Crippen LogP contribution in [0.4, 0.5) is 0 Å². The highest BCUT2D eigenvalue weighted by atomic mass is 16.1. The molecule has 110 valence electrons. The molecule has 1 aliphatic rings. The summed E-state index contributed by atoms with van der Waals surface area (Å²) in [5.41, 5.74) is 1.23. The van der Waals surface area contributed by atoms with E-state index in [9.17, 15) is 4.79 Å². The summed E-state index contributed by atoms with van der Waals surface area (Å²) in [6, 6.07) is 10.6. The van der Waals surface area contributed by atoms with Crippen LogP contribution in [-0.2, 0) is 11.2 Å². The van der Waals surface area contributed by atoms with Crippen molar-refractivity contribution in [2.24, 2.45) is 5.92 Å². The van der Waals surface area contributed by atoms with Crippen LogP contribution in [0.5, 0.6) is 0 Å². The van der Waals surface area contributed by atoms with E-state index in [2.05, 4.69) is 29.7 Å². The topological polar surface area (TPSA) is 41.1 Å². The molecule has 3 heteroatoms. The molecule has 1 aromatic rings. The molecule has 1 saturated heterocycles. The molecule has 1 aromatic carbocycles. The zero-order chi connectivity index (χ0) is 14.2. The van der Waals surface area contributed by atoms with Crippen LogP contribution >= 0.6 is 0 Å². The van der Waals surface area contributed by atoms with E-state index in [0.29, 0.717) is 18.4 Å². The van der Waals surface area contributed by atoms with Gasteiger partial charge in [0, 0.05) is 19.0 Å². The first-order valence-electron chi connectivity index (χ1n) is 7.83. The molecule has 0 aromatic heterocycles. The minimum Gasteiger partial charge on any atom is -0.355 e. The van der Waals surface area contributed by atoms with Gasteiger partial charge in [-0.3, -0.25) is 4.79 Å². The molecule has 2 N–H and O–H groups in total. The average molecular weight is 274 g/mol. The second kappa shape index (κ2) is 8.05. The van der Waals surface area contributed by atoms with Crippen molar-refractivity contribution in [3.63, 3.8) is 0 Å². The van der Waals surface area contributed by atoms with Crippen molar-refractivity contribution >= 4 is 5.91 Å². The fourth-order valence-corrected chi connectivity index (χ4v) is 2.96.